The SMILES string of the molecule is CCC(CC)(C(N)=O)c1ccsc1. The second kappa shape index (κ2) is 3.92. The molecule has 1 amide bonds. The monoisotopic (exact) mass is 197 g/mol. The van der Waals surface area contributed by atoms with Gasteiger partial charge in [0, 0.05) is 0 Å². The largest absolute Gasteiger partial charge is 0.369 e. The fourth-order valence-corrected chi connectivity index (χ4v) is 2.44. The maximum atomic E-state index is 11.4. The van der Waals surface area contributed by atoms with Gasteiger partial charge in [-0.2, -0.15) is 11.3 Å². The Morgan fingerprint density at radius 2 is 2.15 bits per heavy atom. The van der Waals surface area contributed by atoms with Crippen molar-refractivity contribution in [2.45, 2.75) is 32.1 Å². The van der Waals surface area contributed by atoms with Crippen LogP contribution in [0.3, 0.4) is 0 Å². The van der Waals surface area contributed by atoms with Crippen LogP contribution in [0.2, 0.25) is 0 Å². The Balaban J connectivity index is 3.11. The van der Waals surface area contributed by atoms with Crippen molar-refractivity contribution in [2.24, 2.45) is 5.73 Å². The first kappa shape index (κ1) is 10.3. The fraction of sp³-hybridized carbons (Fsp3) is 0.500. The van der Waals surface area contributed by atoms with Gasteiger partial charge in [-0.05, 0) is 35.2 Å². The molecule has 1 aromatic heterocycles. The van der Waals surface area contributed by atoms with Crippen molar-refractivity contribution in [3.8, 4) is 0 Å². The smallest absolute Gasteiger partial charge is 0.228 e. The number of carbonyl (C=O) groups excluding carboxylic acids is 1. The van der Waals surface area contributed by atoms with E-state index in [2.05, 4.69) is 0 Å². The minimum Gasteiger partial charge on any atom is -0.369 e. The van der Waals surface area contributed by atoms with Gasteiger partial charge in [0.2, 0.25) is 5.91 Å². The molecule has 0 spiro atoms. The Kier molecular flexibility index (Phi) is 3.09. The quantitative estimate of drug-likeness (QED) is 0.790. The molecule has 2 N–H and O–H groups in total. The van der Waals surface area contributed by atoms with Gasteiger partial charge in [0.25, 0.3) is 0 Å². The summed E-state index contributed by atoms with van der Waals surface area (Å²) in [6, 6.07) is 1.99. The number of carbonyl (C=O) groups is 1. The molecule has 0 bridgehead atoms. The highest BCUT2D eigenvalue weighted by atomic mass is 32.1. The van der Waals surface area contributed by atoms with E-state index in [0.717, 1.165) is 18.4 Å². The normalized spacial score (nSPS) is 11.5. The minimum atomic E-state index is -0.444. The third kappa shape index (κ3) is 1.61. The molecule has 72 valence electrons. The maximum Gasteiger partial charge on any atom is 0.228 e. The van der Waals surface area contributed by atoms with Crippen molar-refractivity contribution in [3.05, 3.63) is 22.4 Å². The van der Waals surface area contributed by atoms with E-state index in [1.54, 1.807) is 11.3 Å². The zero-order valence-corrected chi connectivity index (χ0v) is 8.86. The van der Waals surface area contributed by atoms with Crippen LogP contribution in [0.1, 0.15) is 32.3 Å². The number of hydrogen-bond acceptors (Lipinski definition) is 2. The molecular weight excluding hydrogens is 182 g/mol. The fourth-order valence-electron chi connectivity index (χ4n) is 1.69. The zero-order chi connectivity index (χ0) is 9.90. The van der Waals surface area contributed by atoms with Gasteiger partial charge in [0.15, 0.2) is 0 Å². The summed E-state index contributed by atoms with van der Waals surface area (Å²) in [7, 11) is 0. The lowest BCUT2D eigenvalue weighted by atomic mass is 9.76. The highest BCUT2D eigenvalue weighted by Gasteiger charge is 2.34. The number of rotatable bonds is 4. The number of nitrogens with two attached hydrogens (primary N) is 1. The summed E-state index contributed by atoms with van der Waals surface area (Å²) < 4.78 is 0. The average Bonchev–Trinajstić information content (AvgIpc) is 2.60. The van der Waals surface area contributed by atoms with Crippen LogP contribution in [0.15, 0.2) is 16.8 Å². The van der Waals surface area contributed by atoms with Gasteiger partial charge in [-0.25, -0.2) is 0 Å². The molecule has 0 saturated carbocycles. The molecule has 3 heteroatoms. The maximum absolute atomic E-state index is 11.4. The van der Waals surface area contributed by atoms with E-state index < -0.39 is 5.41 Å². The van der Waals surface area contributed by atoms with Crippen LogP contribution in [0.4, 0.5) is 0 Å². The second-order valence-electron chi connectivity index (χ2n) is 3.17. The van der Waals surface area contributed by atoms with E-state index in [9.17, 15) is 4.79 Å². The first-order valence-corrected chi connectivity index (χ1v) is 5.44. The molecule has 0 saturated heterocycles. The van der Waals surface area contributed by atoms with E-state index in [-0.39, 0.29) is 5.91 Å². The molecule has 0 radical (unpaired) electrons. The summed E-state index contributed by atoms with van der Waals surface area (Å²) in [5.74, 6) is -0.212. The molecule has 0 unspecified atom stereocenters. The van der Waals surface area contributed by atoms with Crippen molar-refractivity contribution in [2.75, 3.05) is 0 Å². The molecular formula is C10H15NOS. The second-order valence-corrected chi connectivity index (χ2v) is 3.95. The van der Waals surface area contributed by atoms with Gasteiger partial charge in [0.05, 0.1) is 5.41 Å². The van der Waals surface area contributed by atoms with Crippen LogP contribution in [0, 0.1) is 0 Å². The Morgan fingerprint density at radius 1 is 1.54 bits per heavy atom. The molecule has 0 aliphatic rings. The lowest BCUT2D eigenvalue weighted by Gasteiger charge is -2.27. The summed E-state index contributed by atoms with van der Waals surface area (Å²) in [4.78, 5) is 11.4. The first-order valence-electron chi connectivity index (χ1n) is 4.50. The van der Waals surface area contributed by atoms with Crippen molar-refractivity contribution in [1.82, 2.24) is 0 Å². The molecule has 0 fully saturated rings. The Hall–Kier alpha value is -0.830. The van der Waals surface area contributed by atoms with Gasteiger partial charge in [-0.3, -0.25) is 4.79 Å². The molecule has 1 aromatic rings. The van der Waals surface area contributed by atoms with Crippen LogP contribution in [-0.4, -0.2) is 5.91 Å². The van der Waals surface area contributed by atoms with Gasteiger partial charge in [-0.15, -0.1) is 0 Å². The van der Waals surface area contributed by atoms with Crippen molar-refractivity contribution in [3.63, 3.8) is 0 Å². The minimum absolute atomic E-state index is 0.212. The summed E-state index contributed by atoms with van der Waals surface area (Å²) >= 11 is 1.61. The highest BCUT2D eigenvalue weighted by molar-refractivity contribution is 7.08. The number of primary amides is 1. The van der Waals surface area contributed by atoms with E-state index in [1.165, 1.54) is 0 Å². The molecule has 0 aliphatic carbocycles. The first-order chi connectivity index (χ1) is 6.17. The van der Waals surface area contributed by atoms with E-state index in [0.29, 0.717) is 0 Å². The Labute approximate surface area is 82.8 Å². The highest BCUT2D eigenvalue weighted by Crippen LogP contribution is 2.32. The predicted molar refractivity (Wildman–Crippen MR) is 55.8 cm³/mol. The Morgan fingerprint density at radius 3 is 2.46 bits per heavy atom. The molecule has 1 rings (SSSR count). The number of hydrogen-bond donors (Lipinski definition) is 1. The van der Waals surface area contributed by atoms with Gasteiger partial charge >= 0.3 is 0 Å². The molecule has 0 aromatic carbocycles. The van der Waals surface area contributed by atoms with E-state index in [4.69, 9.17) is 5.73 Å². The van der Waals surface area contributed by atoms with Crippen molar-refractivity contribution < 1.29 is 4.79 Å². The lowest BCUT2D eigenvalue weighted by molar-refractivity contribution is -0.123. The van der Waals surface area contributed by atoms with Crippen molar-refractivity contribution >= 4 is 17.2 Å². The summed E-state index contributed by atoms with van der Waals surface area (Å²) in [5, 5.41) is 4.00. The Bertz CT molecular complexity index is 275. The topological polar surface area (TPSA) is 43.1 Å². The molecule has 2 nitrogen and oxygen atoms in total. The van der Waals surface area contributed by atoms with Crippen LogP contribution in [-0.2, 0) is 10.2 Å². The number of amides is 1. The third-order valence-corrected chi connectivity index (χ3v) is 3.44. The van der Waals surface area contributed by atoms with Crippen molar-refractivity contribution in [1.29, 1.82) is 0 Å². The average molecular weight is 197 g/mol. The van der Waals surface area contributed by atoms with E-state index >= 15 is 0 Å². The van der Waals surface area contributed by atoms with E-state index in [1.807, 2.05) is 30.7 Å². The van der Waals surface area contributed by atoms with Crippen LogP contribution in [0.5, 0.6) is 0 Å². The van der Waals surface area contributed by atoms with Gasteiger partial charge in [0.1, 0.15) is 0 Å². The molecule has 13 heavy (non-hydrogen) atoms. The third-order valence-electron chi connectivity index (χ3n) is 2.75. The van der Waals surface area contributed by atoms with Gasteiger partial charge < -0.3 is 5.73 Å². The van der Waals surface area contributed by atoms with Crippen LogP contribution in [0.25, 0.3) is 0 Å². The molecule has 0 atom stereocenters. The van der Waals surface area contributed by atoms with Crippen LogP contribution < -0.4 is 5.73 Å². The number of thiophene rings is 1. The zero-order valence-electron chi connectivity index (χ0n) is 8.04. The predicted octanol–water partition coefficient (Wildman–Crippen LogP) is 2.29. The molecule has 1 heterocycles. The van der Waals surface area contributed by atoms with Gasteiger partial charge in [-0.1, -0.05) is 13.8 Å². The lowest BCUT2D eigenvalue weighted by Crippen LogP contribution is -2.39. The van der Waals surface area contributed by atoms with Crippen LogP contribution >= 0.6 is 11.3 Å². The summed E-state index contributed by atoms with van der Waals surface area (Å²) in [6.07, 6.45) is 1.55. The molecule has 0 aliphatic heterocycles. The summed E-state index contributed by atoms with van der Waals surface area (Å²) in [6.45, 7) is 4.01. The summed E-state index contributed by atoms with van der Waals surface area (Å²) in [5.41, 5.74) is 6.07. The standard InChI is InChI=1S/C10H15NOS/c1-3-10(4-2,9(11)12)8-5-6-13-7-8/h5-7H,3-4H2,1-2H3,(H2,11,12).